The van der Waals surface area contributed by atoms with Gasteiger partial charge in [0.1, 0.15) is 0 Å². The van der Waals surface area contributed by atoms with E-state index >= 15 is 0 Å². The first-order valence-corrected chi connectivity index (χ1v) is 11.0. The summed E-state index contributed by atoms with van der Waals surface area (Å²) >= 11 is 0. The van der Waals surface area contributed by atoms with E-state index in [-0.39, 0.29) is 0 Å². The first kappa shape index (κ1) is 19.0. The molecule has 3 aromatic carbocycles. The van der Waals surface area contributed by atoms with Gasteiger partial charge in [-0.3, -0.25) is 0 Å². The molecule has 1 aliphatic carbocycles. The van der Waals surface area contributed by atoms with Gasteiger partial charge in [0.25, 0.3) is 0 Å². The van der Waals surface area contributed by atoms with E-state index in [1.54, 1.807) is 0 Å². The van der Waals surface area contributed by atoms with Crippen LogP contribution in [0, 0.1) is 12.8 Å². The minimum atomic E-state index is 0.770. The van der Waals surface area contributed by atoms with Gasteiger partial charge in [0.05, 0.1) is 0 Å². The van der Waals surface area contributed by atoms with Gasteiger partial charge in [0, 0.05) is 0 Å². The third-order valence-corrected chi connectivity index (χ3v) is 6.53. The zero-order valence-electron chi connectivity index (χ0n) is 17.3. The summed E-state index contributed by atoms with van der Waals surface area (Å²) < 4.78 is 0. The molecular weight excluding hydrogens is 336 g/mol. The fourth-order valence-corrected chi connectivity index (χ4v) is 4.74. The van der Waals surface area contributed by atoms with Crippen molar-refractivity contribution in [2.75, 3.05) is 0 Å². The Labute approximate surface area is 170 Å². The van der Waals surface area contributed by atoms with Crippen LogP contribution in [0.1, 0.15) is 62.5 Å². The molecule has 0 spiro atoms. The molecular formula is C28H32. The Bertz CT molecular complexity index is 861. The van der Waals surface area contributed by atoms with Crippen molar-refractivity contribution in [2.45, 2.75) is 58.3 Å². The van der Waals surface area contributed by atoms with Gasteiger partial charge >= 0.3 is 0 Å². The Morgan fingerprint density at radius 2 is 1.04 bits per heavy atom. The van der Waals surface area contributed by atoms with Gasteiger partial charge in [-0.05, 0) is 72.3 Å². The van der Waals surface area contributed by atoms with Gasteiger partial charge < -0.3 is 0 Å². The third-order valence-electron chi connectivity index (χ3n) is 6.53. The quantitative estimate of drug-likeness (QED) is 0.424. The number of rotatable bonds is 5. The monoisotopic (exact) mass is 368 g/mol. The Morgan fingerprint density at radius 1 is 0.607 bits per heavy atom. The van der Waals surface area contributed by atoms with E-state index in [4.69, 9.17) is 0 Å². The predicted molar refractivity (Wildman–Crippen MR) is 122 cm³/mol. The van der Waals surface area contributed by atoms with E-state index in [0.717, 1.165) is 11.8 Å². The van der Waals surface area contributed by atoms with Crippen LogP contribution in [0.3, 0.4) is 0 Å². The van der Waals surface area contributed by atoms with E-state index in [1.807, 2.05) is 0 Å². The fourth-order valence-electron chi connectivity index (χ4n) is 4.74. The van der Waals surface area contributed by atoms with E-state index in [1.165, 1.54) is 71.9 Å². The standard InChI is InChI=1S/C28H32/c1-3-4-22-7-11-24(12-8-22)26-15-19-28(20-16-26)27-17-13-25(14-18-27)23-9-5-21(2)6-10-23/h5-6,9-10,13-20,22,24H,3-4,7-8,11-12H2,1-2H3. The second-order valence-corrected chi connectivity index (χ2v) is 8.57. The average Bonchev–Trinajstić information content (AvgIpc) is 2.75. The second kappa shape index (κ2) is 8.78. The Morgan fingerprint density at radius 3 is 1.50 bits per heavy atom. The van der Waals surface area contributed by atoms with Crippen molar-refractivity contribution >= 4 is 0 Å². The van der Waals surface area contributed by atoms with Crippen LogP contribution in [-0.2, 0) is 0 Å². The fraction of sp³-hybridized carbons (Fsp3) is 0.357. The van der Waals surface area contributed by atoms with Gasteiger partial charge in [-0.1, -0.05) is 98.1 Å². The molecule has 0 unspecified atom stereocenters. The van der Waals surface area contributed by atoms with Crippen molar-refractivity contribution in [1.29, 1.82) is 0 Å². The van der Waals surface area contributed by atoms with Crippen molar-refractivity contribution in [3.05, 3.63) is 83.9 Å². The maximum atomic E-state index is 2.37. The number of aryl methyl sites for hydroxylation is 1. The van der Waals surface area contributed by atoms with Crippen LogP contribution >= 0.6 is 0 Å². The molecule has 28 heavy (non-hydrogen) atoms. The molecule has 1 fully saturated rings. The van der Waals surface area contributed by atoms with Crippen molar-refractivity contribution in [3.63, 3.8) is 0 Å². The van der Waals surface area contributed by atoms with Crippen molar-refractivity contribution in [2.24, 2.45) is 5.92 Å². The third kappa shape index (κ3) is 4.38. The van der Waals surface area contributed by atoms with E-state index < -0.39 is 0 Å². The van der Waals surface area contributed by atoms with E-state index in [2.05, 4.69) is 86.6 Å². The maximum absolute atomic E-state index is 2.37. The van der Waals surface area contributed by atoms with Crippen LogP contribution in [-0.4, -0.2) is 0 Å². The molecule has 0 N–H and O–H groups in total. The lowest BCUT2D eigenvalue weighted by Gasteiger charge is -2.28. The average molecular weight is 369 g/mol. The summed E-state index contributed by atoms with van der Waals surface area (Å²) in [6.45, 7) is 4.45. The molecule has 144 valence electrons. The van der Waals surface area contributed by atoms with Crippen LogP contribution in [0.15, 0.2) is 72.8 Å². The highest BCUT2D eigenvalue weighted by Crippen LogP contribution is 2.38. The second-order valence-electron chi connectivity index (χ2n) is 8.57. The van der Waals surface area contributed by atoms with Crippen LogP contribution in [0.5, 0.6) is 0 Å². The molecule has 0 atom stereocenters. The normalized spacial score (nSPS) is 19.5. The Balaban J connectivity index is 1.43. The minimum Gasteiger partial charge on any atom is -0.0654 e. The highest BCUT2D eigenvalue weighted by atomic mass is 14.3. The van der Waals surface area contributed by atoms with Crippen LogP contribution in [0.2, 0.25) is 0 Å². The lowest BCUT2D eigenvalue weighted by atomic mass is 9.77. The SMILES string of the molecule is CCCC1CCC(c2ccc(-c3ccc(-c4ccc(C)cc4)cc3)cc2)CC1. The summed E-state index contributed by atoms with van der Waals surface area (Å²) in [6, 6.07) is 27.1. The molecule has 0 saturated heterocycles. The highest BCUT2D eigenvalue weighted by Gasteiger charge is 2.21. The molecule has 3 aromatic rings. The Kier molecular flexibility index (Phi) is 5.95. The lowest BCUT2D eigenvalue weighted by molar-refractivity contribution is 0.308. The molecule has 0 heteroatoms. The van der Waals surface area contributed by atoms with Crippen LogP contribution in [0.25, 0.3) is 22.3 Å². The van der Waals surface area contributed by atoms with Crippen molar-refractivity contribution in [3.8, 4) is 22.3 Å². The van der Waals surface area contributed by atoms with Crippen LogP contribution in [0.4, 0.5) is 0 Å². The molecule has 0 bridgehead atoms. The summed E-state index contributed by atoms with van der Waals surface area (Å²) in [5, 5.41) is 0. The molecule has 4 rings (SSSR count). The van der Waals surface area contributed by atoms with E-state index in [9.17, 15) is 0 Å². The van der Waals surface area contributed by atoms with Crippen molar-refractivity contribution < 1.29 is 0 Å². The first-order chi connectivity index (χ1) is 13.7. The number of benzene rings is 3. The minimum absolute atomic E-state index is 0.770. The van der Waals surface area contributed by atoms with Gasteiger partial charge in [-0.15, -0.1) is 0 Å². The molecule has 1 saturated carbocycles. The van der Waals surface area contributed by atoms with Gasteiger partial charge in [0.15, 0.2) is 0 Å². The maximum Gasteiger partial charge on any atom is -0.0162 e. The summed E-state index contributed by atoms with van der Waals surface area (Å²) in [6.07, 6.45) is 8.34. The summed E-state index contributed by atoms with van der Waals surface area (Å²) in [5.74, 6) is 1.75. The molecule has 0 nitrogen and oxygen atoms in total. The smallest absolute Gasteiger partial charge is 0.0162 e. The van der Waals surface area contributed by atoms with Crippen molar-refractivity contribution in [1.82, 2.24) is 0 Å². The summed E-state index contributed by atoms with van der Waals surface area (Å²) in [7, 11) is 0. The summed E-state index contributed by atoms with van der Waals surface area (Å²) in [4.78, 5) is 0. The zero-order valence-corrected chi connectivity index (χ0v) is 17.3. The summed E-state index contributed by atoms with van der Waals surface area (Å²) in [5.41, 5.74) is 8.03. The topological polar surface area (TPSA) is 0 Å². The first-order valence-electron chi connectivity index (χ1n) is 11.0. The van der Waals surface area contributed by atoms with Gasteiger partial charge in [0.2, 0.25) is 0 Å². The van der Waals surface area contributed by atoms with E-state index in [0.29, 0.717) is 0 Å². The molecule has 0 amide bonds. The molecule has 0 radical (unpaired) electrons. The number of hydrogen-bond donors (Lipinski definition) is 0. The predicted octanol–water partition coefficient (Wildman–Crippen LogP) is 8.40. The number of hydrogen-bond acceptors (Lipinski definition) is 0. The highest BCUT2D eigenvalue weighted by molar-refractivity contribution is 5.70. The van der Waals surface area contributed by atoms with Crippen LogP contribution < -0.4 is 0 Å². The molecule has 0 aromatic heterocycles. The lowest BCUT2D eigenvalue weighted by Crippen LogP contribution is -2.13. The van der Waals surface area contributed by atoms with Gasteiger partial charge in [-0.25, -0.2) is 0 Å². The largest absolute Gasteiger partial charge is 0.0654 e. The molecule has 1 aliphatic rings. The van der Waals surface area contributed by atoms with Gasteiger partial charge in [-0.2, -0.15) is 0 Å². The molecule has 0 heterocycles. The zero-order chi connectivity index (χ0) is 19.3. The molecule has 0 aliphatic heterocycles. The Hall–Kier alpha value is -2.34.